The van der Waals surface area contributed by atoms with E-state index >= 15 is 0 Å². The highest BCUT2D eigenvalue weighted by Gasteiger charge is 2.26. The monoisotopic (exact) mass is 1080 g/mol. The molecule has 0 aliphatic heterocycles. The van der Waals surface area contributed by atoms with Gasteiger partial charge in [-0.3, -0.25) is 28.4 Å². The smallest absolute Gasteiger partial charge is 0.316 e. The van der Waals surface area contributed by atoms with Crippen LogP contribution < -0.4 is 0 Å². The molecule has 0 radical (unpaired) electrons. The summed E-state index contributed by atoms with van der Waals surface area (Å²) in [5, 5.41) is 35.7. The number of carbonyl (C=O) groups is 2. The van der Waals surface area contributed by atoms with E-state index in [0.29, 0.717) is 17.1 Å². The normalized spacial score (nSPS) is 11.2. The van der Waals surface area contributed by atoms with Crippen LogP contribution in [0.4, 0.5) is 26.3 Å². The maximum atomic E-state index is 13.6. The van der Waals surface area contributed by atoms with Crippen molar-refractivity contribution in [2.75, 3.05) is 18.1 Å². The predicted molar refractivity (Wildman–Crippen MR) is 279 cm³/mol. The zero-order valence-electron chi connectivity index (χ0n) is 39.6. The first-order chi connectivity index (χ1) is 35.2. The first-order valence-electron chi connectivity index (χ1n) is 22.8. The second-order valence-corrected chi connectivity index (χ2v) is 18.0. The van der Waals surface area contributed by atoms with Gasteiger partial charge in [-0.1, -0.05) is 143 Å². The van der Waals surface area contributed by atoms with E-state index in [4.69, 9.17) is 22.1 Å². The van der Waals surface area contributed by atoms with Crippen molar-refractivity contribution in [3.63, 3.8) is 0 Å². The Balaban J connectivity index is 0.000000181. The zero-order valence-corrected chi connectivity index (χ0v) is 42.1. The fraction of sp³-hybridized carbons (Fsp3) is 0.269. The molecular formula is C52H51F6N9O4S3. The molecule has 0 spiro atoms. The molecule has 9 rings (SSSR count). The number of hydrogen-bond acceptors (Lipinski definition) is 11. The highest BCUT2D eigenvalue weighted by Crippen LogP contribution is 2.35. The van der Waals surface area contributed by atoms with Crippen molar-refractivity contribution in [3.8, 4) is 17.1 Å². The van der Waals surface area contributed by atoms with Crippen LogP contribution in [0.5, 0.6) is 0 Å². The molecule has 22 heteroatoms. The summed E-state index contributed by atoms with van der Waals surface area (Å²) in [4.78, 5) is 22.5. The minimum absolute atomic E-state index is 0. The SMILES string of the molecule is C.CCOC(=O)CSc1nnc(C(F)F)n1-c1ccc(CC)c2ccccc12.CCc1ccc(-n2c(C(F)F)n[nH]c2=S)c2ccccc12.CCc1ccc(-n2c(SCC(=O)O)nnc2C(F)F)c2ccccc12. The number of carboxylic acid groups (broad SMARTS) is 1. The van der Waals surface area contributed by atoms with Crippen LogP contribution in [0.2, 0.25) is 0 Å². The van der Waals surface area contributed by atoms with Gasteiger partial charge in [0, 0.05) is 16.2 Å². The van der Waals surface area contributed by atoms with Crippen LogP contribution >= 0.6 is 35.7 Å². The van der Waals surface area contributed by atoms with Gasteiger partial charge >= 0.3 is 11.9 Å². The average Bonchev–Trinajstić information content (AvgIpc) is 4.14. The first-order valence-corrected chi connectivity index (χ1v) is 25.2. The van der Waals surface area contributed by atoms with E-state index in [9.17, 15) is 35.9 Å². The Labute approximate surface area is 435 Å². The number of hydrogen-bond donors (Lipinski definition) is 2. The highest BCUT2D eigenvalue weighted by molar-refractivity contribution is 8.00. The average molecular weight is 1080 g/mol. The molecule has 9 aromatic rings. The van der Waals surface area contributed by atoms with E-state index in [2.05, 4.69) is 37.5 Å². The predicted octanol–water partition coefficient (Wildman–Crippen LogP) is 13.9. The number of aromatic amines is 1. The van der Waals surface area contributed by atoms with E-state index < -0.39 is 42.9 Å². The number of esters is 1. The number of halogens is 6. The van der Waals surface area contributed by atoms with Crippen molar-refractivity contribution >= 4 is 80.0 Å². The minimum atomic E-state index is -2.82. The molecule has 2 N–H and O–H groups in total. The minimum Gasteiger partial charge on any atom is -0.481 e. The number of aliphatic carboxylic acids is 1. The third-order valence-electron chi connectivity index (χ3n) is 11.4. The number of fused-ring (bicyclic) bond motifs is 3. The Morgan fingerprint density at radius 2 is 0.919 bits per heavy atom. The number of aryl methyl sites for hydroxylation is 3. The first kappa shape index (κ1) is 56.3. The van der Waals surface area contributed by atoms with Crippen LogP contribution in [0.25, 0.3) is 49.4 Å². The molecule has 0 aliphatic rings. The molecule has 0 aliphatic carbocycles. The number of ether oxygens (including phenoxy) is 1. The number of carboxylic acids is 1. The summed E-state index contributed by atoms with van der Waals surface area (Å²) in [6.45, 7) is 8.11. The van der Waals surface area contributed by atoms with Crippen molar-refractivity contribution < 1.29 is 45.8 Å². The highest BCUT2D eigenvalue weighted by atomic mass is 32.2. The van der Waals surface area contributed by atoms with E-state index in [1.54, 1.807) is 19.1 Å². The standard InChI is InChI=1S/C19H19F2N3O2S.C17H15F2N3O2S.C15H13F2N3S.CH4/c1-3-12-9-10-15(14-8-6-5-7-13(12)14)24-18(17(20)21)22-23-19(24)27-11-16(25)26-4-2;1-2-10-7-8-13(12-6-4-3-5-11(10)12)22-16(15(18)19)20-21-17(22)25-9-14(23)24;1-2-9-7-8-12(11-6-4-3-5-10(9)11)20-14(13(16)17)18-19-15(20)21;/h5-10,17H,3-4,11H2,1-2H3;3-8,15H,2,9H2,1H3,(H,23,24);3-8,13H,2H2,1H3,(H,19,21);1H4. The molecule has 0 saturated heterocycles. The molecule has 0 atom stereocenters. The van der Waals surface area contributed by atoms with Gasteiger partial charge in [-0.25, -0.2) is 26.3 Å². The lowest BCUT2D eigenvalue weighted by molar-refractivity contribution is -0.140. The lowest BCUT2D eigenvalue weighted by atomic mass is 10.0. The molecule has 3 heterocycles. The van der Waals surface area contributed by atoms with Gasteiger partial charge in [0.05, 0.1) is 35.2 Å². The Kier molecular flexibility index (Phi) is 19.6. The molecular weight excluding hydrogens is 1020 g/mol. The summed E-state index contributed by atoms with van der Waals surface area (Å²) >= 11 is 7.00. The van der Waals surface area contributed by atoms with E-state index in [1.807, 2.05) is 111 Å². The quantitative estimate of drug-likeness (QED) is 0.0409. The number of alkyl halides is 6. The maximum absolute atomic E-state index is 13.6. The van der Waals surface area contributed by atoms with Crippen molar-refractivity contribution in [2.45, 2.75) is 84.0 Å². The Bertz CT molecular complexity index is 3450. The molecule has 6 aromatic carbocycles. The summed E-state index contributed by atoms with van der Waals surface area (Å²) in [5.74, 6) is -3.11. The summed E-state index contributed by atoms with van der Waals surface area (Å²) in [6, 6.07) is 34.0. The number of rotatable bonds is 16. The zero-order chi connectivity index (χ0) is 52.3. The number of H-pyrrole nitrogens is 1. The lowest BCUT2D eigenvalue weighted by Gasteiger charge is -2.14. The van der Waals surface area contributed by atoms with Crippen LogP contribution in [-0.2, 0) is 33.6 Å². The maximum Gasteiger partial charge on any atom is 0.316 e. The van der Waals surface area contributed by atoms with Gasteiger partial charge in [0.15, 0.2) is 15.1 Å². The number of aromatic nitrogens is 9. The topological polar surface area (TPSA) is 159 Å². The summed E-state index contributed by atoms with van der Waals surface area (Å²) in [5.41, 5.74) is 5.10. The van der Waals surface area contributed by atoms with Crippen LogP contribution in [0.3, 0.4) is 0 Å². The number of nitrogens with one attached hydrogen (secondary N) is 1. The van der Waals surface area contributed by atoms with Gasteiger partial charge in [-0.05, 0) is 89.5 Å². The van der Waals surface area contributed by atoms with Crippen molar-refractivity contribution in [1.82, 2.24) is 44.3 Å². The van der Waals surface area contributed by atoms with Gasteiger partial charge in [-0.2, -0.15) is 5.10 Å². The molecule has 0 fully saturated rings. The molecule has 388 valence electrons. The number of thioether (sulfide) groups is 2. The van der Waals surface area contributed by atoms with Crippen LogP contribution in [0, 0.1) is 4.77 Å². The van der Waals surface area contributed by atoms with Gasteiger partial charge in [-0.15, -0.1) is 20.4 Å². The second-order valence-electron chi connectivity index (χ2n) is 15.7. The summed E-state index contributed by atoms with van der Waals surface area (Å²) in [7, 11) is 0. The third-order valence-corrected chi connectivity index (χ3v) is 13.5. The fourth-order valence-electron chi connectivity index (χ4n) is 8.17. The van der Waals surface area contributed by atoms with Crippen molar-refractivity contribution in [3.05, 3.63) is 148 Å². The Morgan fingerprint density at radius 1 is 0.554 bits per heavy atom. The van der Waals surface area contributed by atoms with Gasteiger partial charge in [0.1, 0.15) is 0 Å². The van der Waals surface area contributed by atoms with E-state index in [-0.39, 0.29) is 46.4 Å². The fourth-order valence-corrected chi connectivity index (χ4v) is 9.83. The molecule has 0 saturated carbocycles. The molecule has 0 bridgehead atoms. The Morgan fingerprint density at radius 3 is 1.27 bits per heavy atom. The number of carbonyl (C=O) groups excluding carboxylic acids is 1. The Hall–Kier alpha value is -7.04. The largest absolute Gasteiger partial charge is 0.481 e. The molecule has 3 aromatic heterocycles. The lowest BCUT2D eigenvalue weighted by Crippen LogP contribution is -2.09. The molecule has 0 amide bonds. The molecule has 74 heavy (non-hydrogen) atoms. The van der Waals surface area contributed by atoms with Gasteiger partial charge in [0.25, 0.3) is 19.3 Å². The third kappa shape index (κ3) is 12.3. The van der Waals surface area contributed by atoms with Crippen molar-refractivity contribution in [1.29, 1.82) is 0 Å². The second kappa shape index (κ2) is 25.8. The number of nitrogens with zero attached hydrogens (tertiary/aromatic N) is 8. The van der Waals surface area contributed by atoms with Crippen molar-refractivity contribution in [2.24, 2.45) is 0 Å². The molecule has 13 nitrogen and oxygen atoms in total. The molecule has 0 unspecified atom stereocenters. The van der Waals surface area contributed by atoms with Gasteiger partial charge in [0.2, 0.25) is 17.5 Å². The van der Waals surface area contributed by atoms with Gasteiger partial charge < -0.3 is 9.84 Å². The van der Waals surface area contributed by atoms with E-state index in [0.717, 1.165) is 86.2 Å². The summed E-state index contributed by atoms with van der Waals surface area (Å²) in [6.07, 6.45) is -5.79. The van der Waals surface area contributed by atoms with Crippen LogP contribution in [0.1, 0.15) is 88.6 Å². The van der Waals surface area contributed by atoms with E-state index in [1.165, 1.54) is 19.3 Å². The summed E-state index contributed by atoms with van der Waals surface area (Å²) < 4.78 is 89.2. The number of benzene rings is 6. The van der Waals surface area contributed by atoms with Crippen LogP contribution in [-0.4, -0.2) is 79.5 Å². The van der Waals surface area contributed by atoms with Crippen LogP contribution in [0.15, 0.2) is 120 Å².